The Morgan fingerprint density at radius 2 is 1.65 bits per heavy atom. The van der Waals surface area contributed by atoms with Gasteiger partial charge in [-0.2, -0.15) is 0 Å². The van der Waals surface area contributed by atoms with Crippen LogP contribution in [0.25, 0.3) is 0 Å². The van der Waals surface area contributed by atoms with Gasteiger partial charge in [-0.05, 0) is 45.4 Å². The van der Waals surface area contributed by atoms with Crippen LogP contribution in [0.4, 0.5) is 0 Å². The Bertz CT molecular complexity index is 243. The van der Waals surface area contributed by atoms with Gasteiger partial charge >= 0.3 is 5.97 Å². The molecule has 0 radical (unpaired) electrons. The summed E-state index contributed by atoms with van der Waals surface area (Å²) in [7, 11) is 0. The van der Waals surface area contributed by atoms with Crippen LogP contribution in [0.2, 0.25) is 0 Å². The van der Waals surface area contributed by atoms with E-state index in [0.717, 1.165) is 12.8 Å². The SMILES string of the molecule is CC(NC1CCCCC1)C(=O)OC1CCCC1. The molecule has 0 amide bonds. The molecule has 0 spiro atoms. The lowest BCUT2D eigenvalue weighted by Crippen LogP contribution is -2.43. The van der Waals surface area contributed by atoms with Crippen LogP contribution in [0.3, 0.4) is 0 Å². The molecule has 1 N–H and O–H groups in total. The van der Waals surface area contributed by atoms with Crippen LogP contribution in [0, 0.1) is 0 Å². The Balaban J connectivity index is 1.70. The second-order valence-corrected chi connectivity index (χ2v) is 5.57. The number of nitrogens with one attached hydrogen (secondary N) is 1. The fraction of sp³-hybridized carbons (Fsp3) is 0.929. The van der Waals surface area contributed by atoms with Gasteiger partial charge in [0.15, 0.2) is 0 Å². The maximum absolute atomic E-state index is 11.9. The summed E-state index contributed by atoms with van der Waals surface area (Å²) >= 11 is 0. The van der Waals surface area contributed by atoms with Crippen molar-refractivity contribution >= 4 is 5.97 Å². The molecule has 1 atom stereocenters. The van der Waals surface area contributed by atoms with Crippen molar-refractivity contribution in [3.63, 3.8) is 0 Å². The predicted octanol–water partition coefficient (Wildman–Crippen LogP) is 2.78. The summed E-state index contributed by atoms with van der Waals surface area (Å²) in [5.74, 6) is -0.0533. The molecule has 1 unspecified atom stereocenters. The molecule has 17 heavy (non-hydrogen) atoms. The molecular weight excluding hydrogens is 214 g/mol. The molecule has 98 valence electrons. The van der Waals surface area contributed by atoms with Crippen molar-refractivity contribution in [2.24, 2.45) is 0 Å². The predicted molar refractivity (Wildman–Crippen MR) is 67.8 cm³/mol. The molecule has 0 aliphatic heterocycles. The second-order valence-electron chi connectivity index (χ2n) is 5.57. The van der Waals surface area contributed by atoms with Gasteiger partial charge in [-0.3, -0.25) is 4.79 Å². The van der Waals surface area contributed by atoms with E-state index in [2.05, 4.69) is 5.32 Å². The molecular formula is C14H25NO2. The van der Waals surface area contributed by atoms with Crippen LogP contribution in [0.1, 0.15) is 64.7 Å². The zero-order valence-electron chi connectivity index (χ0n) is 10.9. The monoisotopic (exact) mass is 239 g/mol. The van der Waals surface area contributed by atoms with E-state index in [0.29, 0.717) is 6.04 Å². The molecule has 2 rings (SSSR count). The molecule has 0 aromatic heterocycles. The first-order valence-corrected chi connectivity index (χ1v) is 7.22. The molecule has 0 heterocycles. The van der Waals surface area contributed by atoms with Gasteiger partial charge in [0.1, 0.15) is 12.1 Å². The Kier molecular flexibility index (Phi) is 4.84. The number of esters is 1. The smallest absolute Gasteiger partial charge is 0.323 e. The highest BCUT2D eigenvalue weighted by atomic mass is 16.5. The highest BCUT2D eigenvalue weighted by Crippen LogP contribution is 2.22. The molecule has 0 aromatic carbocycles. The van der Waals surface area contributed by atoms with Crippen molar-refractivity contribution < 1.29 is 9.53 Å². The van der Waals surface area contributed by atoms with Crippen LogP contribution >= 0.6 is 0 Å². The molecule has 2 aliphatic rings. The third-order valence-corrected chi connectivity index (χ3v) is 4.03. The van der Waals surface area contributed by atoms with E-state index in [1.54, 1.807) is 0 Å². The van der Waals surface area contributed by atoms with Gasteiger partial charge < -0.3 is 10.1 Å². The van der Waals surface area contributed by atoms with E-state index in [1.165, 1.54) is 44.9 Å². The molecule has 2 aliphatic carbocycles. The average Bonchev–Trinajstić information content (AvgIpc) is 2.83. The van der Waals surface area contributed by atoms with Crippen LogP contribution < -0.4 is 5.32 Å². The van der Waals surface area contributed by atoms with Gasteiger partial charge in [0, 0.05) is 6.04 Å². The zero-order chi connectivity index (χ0) is 12.1. The number of ether oxygens (including phenoxy) is 1. The highest BCUT2D eigenvalue weighted by Gasteiger charge is 2.24. The van der Waals surface area contributed by atoms with E-state index < -0.39 is 0 Å². The Hall–Kier alpha value is -0.570. The summed E-state index contributed by atoms with van der Waals surface area (Å²) in [5, 5.41) is 3.42. The van der Waals surface area contributed by atoms with E-state index >= 15 is 0 Å². The van der Waals surface area contributed by atoms with Crippen molar-refractivity contribution in [3.8, 4) is 0 Å². The minimum Gasteiger partial charge on any atom is -0.461 e. The van der Waals surface area contributed by atoms with Gasteiger partial charge in [0.25, 0.3) is 0 Å². The quantitative estimate of drug-likeness (QED) is 0.767. The first kappa shape index (κ1) is 12.9. The van der Waals surface area contributed by atoms with Gasteiger partial charge in [-0.1, -0.05) is 19.3 Å². The lowest BCUT2D eigenvalue weighted by atomic mass is 9.95. The fourth-order valence-electron chi connectivity index (χ4n) is 2.96. The number of rotatable bonds is 4. The molecule has 3 heteroatoms. The van der Waals surface area contributed by atoms with Gasteiger partial charge in [0.2, 0.25) is 0 Å². The van der Waals surface area contributed by atoms with E-state index in [-0.39, 0.29) is 18.1 Å². The van der Waals surface area contributed by atoms with Gasteiger partial charge in [-0.15, -0.1) is 0 Å². The Morgan fingerprint density at radius 3 is 2.29 bits per heavy atom. The molecule has 3 nitrogen and oxygen atoms in total. The van der Waals surface area contributed by atoms with Crippen molar-refractivity contribution in [2.75, 3.05) is 0 Å². The standard InChI is InChI=1S/C14H25NO2/c1-11(15-12-7-3-2-4-8-12)14(16)17-13-9-5-6-10-13/h11-13,15H,2-10H2,1H3. The maximum Gasteiger partial charge on any atom is 0.323 e. The zero-order valence-corrected chi connectivity index (χ0v) is 10.9. The van der Waals surface area contributed by atoms with E-state index in [1.807, 2.05) is 6.92 Å². The summed E-state index contributed by atoms with van der Waals surface area (Å²) in [6.07, 6.45) is 11.1. The summed E-state index contributed by atoms with van der Waals surface area (Å²) < 4.78 is 5.51. The van der Waals surface area contributed by atoms with Crippen molar-refractivity contribution in [3.05, 3.63) is 0 Å². The van der Waals surface area contributed by atoms with Crippen LogP contribution in [0.5, 0.6) is 0 Å². The Labute approximate surface area is 104 Å². The third-order valence-electron chi connectivity index (χ3n) is 4.03. The summed E-state index contributed by atoms with van der Waals surface area (Å²) in [6.45, 7) is 1.94. The fourth-order valence-corrected chi connectivity index (χ4v) is 2.96. The van der Waals surface area contributed by atoms with Crippen LogP contribution in [-0.2, 0) is 9.53 Å². The number of carbonyl (C=O) groups is 1. The molecule has 0 aromatic rings. The van der Waals surface area contributed by atoms with Gasteiger partial charge in [-0.25, -0.2) is 0 Å². The average molecular weight is 239 g/mol. The largest absolute Gasteiger partial charge is 0.461 e. The summed E-state index contributed by atoms with van der Waals surface area (Å²) in [4.78, 5) is 11.9. The van der Waals surface area contributed by atoms with Crippen molar-refractivity contribution in [2.45, 2.75) is 82.9 Å². The topological polar surface area (TPSA) is 38.3 Å². The molecule has 0 bridgehead atoms. The summed E-state index contributed by atoms with van der Waals surface area (Å²) in [5.41, 5.74) is 0. The minimum absolute atomic E-state index is 0.0533. The van der Waals surface area contributed by atoms with Gasteiger partial charge in [0.05, 0.1) is 0 Å². The molecule has 2 saturated carbocycles. The maximum atomic E-state index is 11.9. The third kappa shape index (κ3) is 3.98. The summed E-state index contributed by atoms with van der Waals surface area (Å²) in [6, 6.07) is 0.383. The van der Waals surface area contributed by atoms with Crippen LogP contribution in [-0.4, -0.2) is 24.2 Å². The van der Waals surface area contributed by atoms with E-state index in [9.17, 15) is 4.79 Å². The van der Waals surface area contributed by atoms with Crippen molar-refractivity contribution in [1.29, 1.82) is 0 Å². The number of carbonyl (C=O) groups excluding carboxylic acids is 1. The minimum atomic E-state index is -0.140. The first-order chi connectivity index (χ1) is 8.25. The Morgan fingerprint density at radius 1 is 1.06 bits per heavy atom. The van der Waals surface area contributed by atoms with Crippen molar-refractivity contribution in [1.82, 2.24) is 5.32 Å². The highest BCUT2D eigenvalue weighted by molar-refractivity contribution is 5.75. The number of hydrogen-bond donors (Lipinski definition) is 1. The lowest BCUT2D eigenvalue weighted by Gasteiger charge is -2.26. The number of hydrogen-bond acceptors (Lipinski definition) is 3. The normalized spacial score (nSPS) is 24.8. The first-order valence-electron chi connectivity index (χ1n) is 7.22. The lowest BCUT2D eigenvalue weighted by molar-refractivity contribution is -0.151. The second kappa shape index (κ2) is 6.39. The van der Waals surface area contributed by atoms with E-state index in [4.69, 9.17) is 4.74 Å². The molecule has 0 saturated heterocycles. The van der Waals surface area contributed by atoms with Crippen LogP contribution in [0.15, 0.2) is 0 Å². The molecule has 2 fully saturated rings.